The van der Waals surface area contributed by atoms with E-state index in [1.54, 1.807) is 19.5 Å². The van der Waals surface area contributed by atoms with Gasteiger partial charge in [0.2, 0.25) is 0 Å². The molecule has 1 aliphatic rings. The number of ether oxygens (including phenoxy) is 1. The Morgan fingerprint density at radius 2 is 2.36 bits per heavy atom. The Labute approximate surface area is 134 Å². The number of hydrogen-bond acceptors (Lipinski definition) is 5. The van der Waals surface area contributed by atoms with Crippen LogP contribution in [-0.2, 0) is 17.9 Å². The largest absolute Gasteiger partial charge is 0.377 e. The molecule has 1 fully saturated rings. The molecule has 0 amide bonds. The predicted molar refractivity (Wildman–Crippen MR) is 83.3 cm³/mol. The minimum Gasteiger partial charge on any atom is -0.377 e. The Kier molecular flexibility index (Phi) is 5.02. The van der Waals surface area contributed by atoms with Gasteiger partial charge in [-0.2, -0.15) is 5.10 Å². The maximum absolute atomic E-state index is 6.24. The van der Waals surface area contributed by atoms with Crippen LogP contribution >= 0.6 is 11.6 Å². The average Bonchev–Trinajstić information content (AvgIpc) is 2.99. The third-order valence-electron chi connectivity index (χ3n) is 3.97. The first-order valence-corrected chi connectivity index (χ1v) is 7.88. The van der Waals surface area contributed by atoms with Crippen LogP contribution < -0.4 is 0 Å². The molecule has 2 aromatic heterocycles. The number of methoxy groups -OCH3 is 1. The molecule has 0 radical (unpaired) electrons. The molecular formula is C15H20ClN5O. The summed E-state index contributed by atoms with van der Waals surface area (Å²) >= 11 is 6.24. The summed E-state index contributed by atoms with van der Waals surface area (Å²) in [5.74, 6) is 1.61. The predicted octanol–water partition coefficient (Wildman–Crippen LogP) is 2.73. The average molecular weight is 322 g/mol. The van der Waals surface area contributed by atoms with Gasteiger partial charge in [0.25, 0.3) is 0 Å². The first-order valence-electron chi connectivity index (χ1n) is 7.50. The highest BCUT2D eigenvalue weighted by Crippen LogP contribution is 2.31. The van der Waals surface area contributed by atoms with Crippen molar-refractivity contribution in [3.8, 4) is 0 Å². The van der Waals surface area contributed by atoms with Gasteiger partial charge < -0.3 is 4.74 Å². The third-order valence-corrected chi connectivity index (χ3v) is 4.31. The van der Waals surface area contributed by atoms with Gasteiger partial charge in [-0.05, 0) is 31.0 Å². The second kappa shape index (κ2) is 7.17. The van der Waals surface area contributed by atoms with E-state index in [-0.39, 0.29) is 6.04 Å². The molecule has 22 heavy (non-hydrogen) atoms. The molecule has 6 nitrogen and oxygen atoms in total. The van der Waals surface area contributed by atoms with E-state index in [1.807, 2.05) is 6.07 Å². The topological polar surface area (TPSA) is 66.9 Å². The van der Waals surface area contributed by atoms with Crippen molar-refractivity contribution in [2.45, 2.75) is 38.5 Å². The van der Waals surface area contributed by atoms with E-state index in [1.165, 1.54) is 12.8 Å². The van der Waals surface area contributed by atoms with Crippen LogP contribution in [0.3, 0.4) is 0 Å². The zero-order valence-corrected chi connectivity index (χ0v) is 13.4. The molecule has 7 heteroatoms. The number of nitrogens with one attached hydrogen (secondary N) is 1. The fraction of sp³-hybridized carbons (Fsp3) is 0.533. The second-order valence-electron chi connectivity index (χ2n) is 5.52. The van der Waals surface area contributed by atoms with Crippen LogP contribution in [0.5, 0.6) is 0 Å². The molecule has 2 aromatic rings. The molecule has 118 valence electrons. The summed E-state index contributed by atoms with van der Waals surface area (Å²) in [7, 11) is 1.65. The summed E-state index contributed by atoms with van der Waals surface area (Å²) in [6.45, 7) is 2.27. The normalized spacial score (nSPS) is 19.5. The van der Waals surface area contributed by atoms with Crippen LogP contribution in [0.15, 0.2) is 18.5 Å². The quantitative estimate of drug-likeness (QED) is 0.917. The van der Waals surface area contributed by atoms with Crippen molar-refractivity contribution in [2.24, 2.45) is 0 Å². The lowest BCUT2D eigenvalue weighted by Gasteiger charge is -2.34. The van der Waals surface area contributed by atoms with Crippen molar-refractivity contribution in [3.63, 3.8) is 0 Å². The van der Waals surface area contributed by atoms with E-state index in [0.29, 0.717) is 11.6 Å². The van der Waals surface area contributed by atoms with Gasteiger partial charge in [0.1, 0.15) is 6.61 Å². The number of nitrogens with zero attached hydrogens (tertiary/aromatic N) is 4. The van der Waals surface area contributed by atoms with Crippen LogP contribution in [0.25, 0.3) is 0 Å². The van der Waals surface area contributed by atoms with Gasteiger partial charge in [0, 0.05) is 26.0 Å². The smallest absolute Gasteiger partial charge is 0.167 e. The Balaban J connectivity index is 1.77. The molecular weight excluding hydrogens is 302 g/mol. The zero-order chi connectivity index (χ0) is 15.4. The fourth-order valence-corrected chi connectivity index (χ4v) is 3.06. The molecule has 1 saturated heterocycles. The summed E-state index contributed by atoms with van der Waals surface area (Å²) < 4.78 is 5.10. The lowest BCUT2D eigenvalue weighted by atomic mass is 10.0. The number of H-pyrrole nitrogens is 1. The Bertz CT molecular complexity index is 617. The molecule has 1 atom stereocenters. The van der Waals surface area contributed by atoms with Gasteiger partial charge in [-0.3, -0.25) is 15.0 Å². The van der Waals surface area contributed by atoms with Gasteiger partial charge in [0.05, 0.1) is 11.1 Å². The van der Waals surface area contributed by atoms with Crippen LogP contribution in [0.4, 0.5) is 0 Å². The van der Waals surface area contributed by atoms with E-state index in [4.69, 9.17) is 16.3 Å². The van der Waals surface area contributed by atoms with E-state index in [2.05, 4.69) is 25.1 Å². The Hall–Kier alpha value is -1.50. The SMILES string of the molecule is COCc1nc([C@@H]2CCCCN2Cc2ccncc2Cl)n[nH]1. The standard InChI is InChI=1S/C15H20ClN5O/c1-22-10-14-18-15(20-19-14)13-4-2-3-7-21(13)9-11-5-6-17-8-12(11)16/h5-6,8,13H,2-4,7,9-10H2,1H3,(H,18,19,20)/t13-/m0/s1. The van der Waals surface area contributed by atoms with Gasteiger partial charge >= 0.3 is 0 Å². The van der Waals surface area contributed by atoms with Crippen LogP contribution in [0.1, 0.15) is 42.5 Å². The fourth-order valence-electron chi connectivity index (χ4n) is 2.88. The Morgan fingerprint density at radius 3 is 3.18 bits per heavy atom. The molecule has 1 aliphatic heterocycles. The summed E-state index contributed by atoms with van der Waals surface area (Å²) in [5, 5.41) is 8.03. The molecule has 0 spiro atoms. The van der Waals surface area contributed by atoms with Crippen molar-refractivity contribution in [3.05, 3.63) is 40.7 Å². The summed E-state index contributed by atoms with van der Waals surface area (Å²) in [6.07, 6.45) is 6.92. The second-order valence-corrected chi connectivity index (χ2v) is 5.93. The molecule has 3 rings (SSSR count). The summed E-state index contributed by atoms with van der Waals surface area (Å²) in [6, 6.07) is 2.20. The number of aromatic amines is 1. The van der Waals surface area contributed by atoms with E-state index in [0.717, 1.165) is 36.7 Å². The number of halogens is 1. The number of piperidine rings is 1. The highest BCUT2D eigenvalue weighted by atomic mass is 35.5. The van der Waals surface area contributed by atoms with Crippen LogP contribution in [0, 0.1) is 0 Å². The molecule has 0 aromatic carbocycles. The monoisotopic (exact) mass is 321 g/mol. The molecule has 1 N–H and O–H groups in total. The third kappa shape index (κ3) is 3.45. The van der Waals surface area contributed by atoms with Gasteiger partial charge in [-0.25, -0.2) is 4.98 Å². The van der Waals surface area contributed by atoms with Crippen molar-refractivity contribution in [1.29, 1.82) is 0 Å². The zero-order valence-electron chi connectivity index (χ0n) is 12.6. The van der Waals surface area contributed by atoms with E-state index < -0.39 is 0 Å². The van der Waals surface area contributed by atoms with Gasteiger partial charge in [0.15, 0.2) is 11.6 Å². The molecule has 3 heterocycles. The number of rotatable bonds is 5. The number of likely N-dealkylation sites (tertiary alicyclic amines) is 1. The highest BCUT2D eigenvalue weighted by Gasteiger charge is 2.27. The first-order chi connectivity index (χ1) is 10.8. The minimum atomic E-state index is 0.222. The highest BCUT2D eigenvalue weighted by molar-refractivity contribution is 6.31. The number of aromatic nitrogens is 4. The van der Waals surface area contributed by atoms with Gasteiger partial charge in [-0.1, -0.05) is 18.0 Å². The van der Waals surface area contributed by atoms with Crippen molar-refractivity contribution in [1.82, 2.24) is 25.1 Å². The molecule has 0 bridgehead atoms. The number of pyridine rings is 1. The van der Waals surface area contributed by atoms with Crippen molar-refractivity contribution < 1.29 is 4.74 Å². The molecule has 0 unspecified atom stereocenters. The minimum absolute atomic E-state index is 0.222. The molecule has 0 saturated carbocycles. The lowest BCUT2D eigenvalue weighted by molar-refractivity contribution is 0.133. The first kappa shape index (κ1) is 15.4. The maximum atomic E-state index is 6.24. The maximum Gasteiger partial charge on any atom is 0.167 e. The lowest BCUT2D eigenvalue weighted by Crippen LogP contribution is -2.33. The van der Waals surface area contributed by atoms with E-state index in [9.17, 15) is 0 Å². The van der Waals surface area contributed by atoms with Crippen LogP contribution in [0.2, 0.25) is 5.02 Å². The number of hydrogen-bond donors (Lipinski definition) is 1. The Morgan fingerprint density at radius 1 is 1.45 bits per heavy atom. The molecule has 0 aliphatic carbocycles. The van der Waals surface area contributed by atoms with E-state index >= 15 is 0 Å². The van der Waals surface area contributed by atoms with Crippen molar-refractivity contribution >= 4 is 11.6 Å². The van der Waals surface area contributed by atoms with Crippen LogP contribution in [-0.4, -0.2) is 38.7 Å². The summed E-state index contributed by atoms with van der Waals surface area (Å²) in [5.41, 5.74) is 1.09. The van der Waals surface area contributed by atoms with Gasteiger partial charge in [-0.15, -0.1) is 0 Å². The van der Waals surface area contributed by atoms with Crippen molar-refractivity contribution in [2.75, 3.05) is 13.7 Å². The summed E-state index contributed by atoms with van der Waals surface area (Å²) in [4.78, 5) is 11.0.